The average Bonchev–Trinajstić information content (AvgIpc) is 2.84. The summed E-state index contributed by atoms with van der Waals surface area (Å²) in [5, 5.41) is 6.65. The van der Waals surface area contributed by atoms with Crippen molar-refractivity contribution in [1.29, 1.82) is 0 Å². The van der Waals surface area contributed by atoms with Crippen molar-refractivity contribution < 1.29 is 8.42 Å². The lowest BCUT2D eigenvalue weighted by atomic mass is 10.2. The summed E-state index contributed by atoms with van der Waals surface area (Å²) in [6, 6.07) is 6.93. The van der Waals surface area contributed by atoms with Crippen molar-refractivity contribution in [2.75, 3.05) is 7.05 Å². The Bertz CT molecular complexity index is 677. The Balaban J connectivity index is 2.19. The molecule has 0 atom stereocenters. The maximum absolute atomic E-state index is 12.4. The molecule has 1 heterocycles. The molecule has 6 nitrogen and oxygen atoms in total. The Kier molecular flexibility index (Phi) is 4.20. The average molecular weight is 294 g/mol. The molecule has 108 valence electrons. The molecule has 0 saturated carbocycles. The summed E-state index contributed by atoms with van der Waals surface area (Å²) in [5.74, 6) is 1.12. The van der Waals surface area contributed by atoms with Gasteiger partial charge in [-0.05, 0) is 31.0 Å². The first kappa shape index (κ1) is 14.7. The van der Waals surface area contributed by atoms with Crippen LogP contribution in [0.2, 0.25) is 0 Å². The first-order valence-electron chi connectivity index (χ1n) is 6.36. The maximum atomic E-state index is 12.4. The Morgan fingerprint density at radius 3 is 2.40 bits per heavy atom. The molecule has 7 heteroatoms. The van der Waals surface area contributed by atoms with Crippen molar-refractivity contribution in [2.45, 2.75) is 31.7 Å². The van der Waals surface area contributed by atoms with E-state index in [9.17, 15) is 8.42 Å². The van der Waals surface area contributed by atoms with E-state index in [1.54, 1.807) is 19.1 Å². The molecule has 2 aromatic rings. The minimum atomic E-state index is -3.51. The monoisotopic (exact) mass is 294 g/mol. The quantitative estimate of drug-likeness (QED) is 0.906. The maximum Gasteiger partial charge on any atom is 0.243 e. The van der Waals surface area contributed by atoms with Gasteiger partial charge in [0.2, 0.25) is 10.0 Å². The number of hydrogen-bond donors (Lipinski definition) is 1. The third-order valence-electron chi connectivity index (χ3n) is 3.05. The molecule has 0 fully saturated rings. The van der Waals surface area contributed by atoms with E-state index < -0.39 is 10.0 Å². The predicted octanol–water partition coefficient (Wildman–Crippen LogP) is 1.50. The fraction of sp³-hybridized carbons (Fsp3) is 0.385. The normalized spacial score (nSPS) is 12.0. The van der Waals surface area contributed by atoms with Gasteiger partial charge in [0.15, 0.2) is 5.82 Å². The largest absolute Gasteiger partial charge is 0.263 e. The molecular weight excluding hydrogens is 276 g/mol. The van der Waals surface area contributed by atoms with E-state index in [-0.39, 0.29) is 11.4 Å². The Morgan fingerprint density at radius 2 is 1.90 bits per heavy atom. The van der Waals surface area contributed by atoms with Crippen molar-refractivity contribution in [1.82, 2.24) is 19.5 Å². The molecule has 0 amide bonds. The number of hydrogen-bond acceptors (Lipinski definition) is 4. The number of aryl methyl sites for hydroxylation is 2. The van der Waals surface area contributed by atoms with Crippen LogP contribution in [0.3, 0.4) is 0 Å². The fourth-order valence-electron chi connectivity index (χ4n) is 1.82. The lowest BCUT2D eigenvalue weighted by molar-refractivity contribution is 0.457. The molecule has 1 aromatic heterocycles. The summed E-state index contributed by atoms with van der Waals surface area (Å²) in [7, 11) is -1.99. The minimum Gasteiger partial charge on any atom is -0.263 e. The molecule has 20 heavy (non-hydrogen) atoms. The molecule has 0 saturated heterocycles. The molecule has 0 aliphatic heterocycles. The van der Waals surface area contributed by atoms with E-state index in [0.717, 1.165) is 12.0 Å². The van der Waals surface area contributed by atoms with Gasteiger partial charge in [0.25, 0.3) is 0 Å². The van der Waals surface area contributed by atoms with E-state index in [1.165, 1.54) is 11.4 Å². The highest BCUT2D eigenvalue weighted by Crippen LogP contribution is 2.16. The van der Waals surface area contributed by atoms with Crippen LogP contribution in [-0.4, -0.2) is 35.0 Å². The zero-order valence-corrected chi connectivity index (χ0v) is 12.6. The zero-order chi connectivity index (χ0) is 14.8. The van der Waals surface area contributed by atoms with Crippen molar-refractivity contribution in [2.24, 2.45) is 0 Å². The van der Waals surface area contributed by atoms with Crippen LogP contribution in [0.25, 0.3) is 0 Å². The zero-order valence-electron chi connectivity index (χ0n) is 11.8. The van der Waals surface area contributed by atoms with Crippen molar-refractivity contribution >= 4 is 10.0 Å². The Labute approximate surface area is 118 Å². The first-order valence-corrected chi connectivity index (χ1v) is 7.80. The van der Waals surface area contributed by atoms with E-state index in [0.29, 0.717) is 11.6 Å². The van der Waals surface area contributed by atoms with Crippen LogP contribution in [0.5, 0.6) is 0 Å². The van der Waals surface area contributed by atoms with Crippen molar-refractivity contribution in [3.8, 4) is 0 Å². The van der Waals surface area contributed by atoms with Crippen LogP contribution in [0.15, 0.2) is 29.2 Å². The fourth-order valence-corrected chi connectivity index (χ4v) is 2.95. The number of H-pyrrole nitrogens is 1. The summed E-state index contributed by atoms with van der Waals surface area (Å²) < 4.78 is 26.1. The summed E-state index contributed by atoms with van der Waals surface area (Å²) in [6.45, 7) is 3.94. The first-order chi connectivity index (χ1) is 9.43. The topological polar surface area (TPSA) is 79.0 Å². The van der Waals surface area contributed by atoms with E-state index in [2.05, 4.69) is 15.2 Å². The second-order valence-electron chi connectivity index (χ2n) is 4.60. The molecule has 0 unspecified atom stereocenters. The van der Waals surface area contributed by atoms with Gasteiger partial charge in [0, 0.05) is 7.05 Å². The molecule has 2 rings (SSSR count). The highest BCUT2D eigenvalue weighted by atomic mass is 32.2. The number of aromatic nitrogens is 3. The third kappa shape index (κ3) is 3.05. The summed E-state index contributed by atoms with van der Waals surface area (Å²) in [4.78, 5) is 4.39. The van der Waals surface area contributed by atoms with E-state index in [4.69, 9.17) is 0 Å². The summed E-state index contributed by atoms with van der Waals surface area (Å²) >= 11 is 0. The second-order valence-corrected chi connectivity index (χ2v) is 6.64. The van der Waals surface area contributed by atoms with Gasteiger partial charge in [-0.25, -0.2) is 13.4 Å². The van der Waals surface area contributed by atoms with Crippen LogP contribution < -0.4 is 0 Å². The standard InChI is InChI=1S/C13H18N4O2S/c1-4-11-5-7-12(8-6-11)20(18,19)17(3)9-13-14-10(2)15-16-13/h5-8H,4,9H2,1-3H3,(H,14,15,16). The van der Waals surface area contributed by atoms with Gasteiger partial charge < -0.3 is 0 Å². The lowest BCUT2D eigenvalue weighted by Crippen LogP contribution is -2.27. The predicted molar refractivity (Wildman–Crippen MR) is 75.6 cm³/mol. The number of nitrogens with zero attached hydrogens (tertiary/aromatic N) is 3. The molecule has 1 aromatic carbocycles. The molecular formula is C13H18N4O2S. The number of sulfonamides is 1. The number of benzene rings is 1. The summed E-state index contributed by atoms with van der Waals surface area (Å²) in [5.41, 5.74) is 1.11. The lowest BCUT2D eigenvalue weighted by Gasteiger charge is -2.15. The Morgan fingerprint density at radius 1 is 1.25 bits per heavy atom. The molecule has 1 N–H and O–H groups in total. The van der Waals surface area contributed by atoms with Crippen LogP contribution in [0.1, 0.15) is 24.1 Å². The highest BCUT2D eigenvalue weighted by molar-refractivity contribution is 7.89. The van der Waals surface area contributed by atoms with Gasteiger partial charge in [-0.3, -0.25) is 5.10 Å². The van der Waals surface area contributed by atoms with Crippen LogP contribution in [-0.2, 0) is 23.0 Å². The van der Waals surface area contributed by atoms with Crippen LogP contribution in [0.4, 0.5) is 0 Å². The molecule has 0 aliphatic rings. The third-order valence-corrected chi connectivity index (χ3v) is 4.87. The molecule has 0 aliphatic carbocycles. The number of rotatable bonds is 5. The van der Waals surface area contributed by atoms with Gasteiger partial charge >= 0.3 is 0 Å². The van der Waals surface area contributed by atoms with Crippen molar-refractivity contribution in [3.63, 3.8) is 0 Å². The second kappa shape index (κ2) is 5.72. The van der Waals surface area contributed by atoms with Gasteiger partial charge in [0.05, 0.1) is 11.4 Å². The summed E-state index contributed by atoms with van der Waals surface area (Å²) in [6.07, 6.45) is 0.882. The smallest absolute Gasteiger partial charge is 0.243 e. The van der Waals surface area contributed by atoms with Crippen LogP contribution in [0, 0.1) is 6.92 Å². The molecule has 0 bridgehead atoms. The Hall–Kier alpha value is -1.73. The number of nitrogens with one attached hydrogen (secondary N) is 1. The van der Waals surface area contributed by atoms with Crippen LogP contribution >= 0.6 is 0 Å². The van der Waals surface area contributed by atoms with Gasteiger partial charge in [-0.15, -0.1) is 0 Å². The van der Waals surface area contributed by atoms with Crippen molar-refractivity contribution in [3.05, 3.63) is 41.5 Å². The highest BCUT2D eigenvalue weighted by Gasteiger charge is 2.22. The molecule has 0 radical (unpaired) electrons. The van der Waals surface area contributed by atoms with Gasteiger partial charge in [-0.1, -0.05) is 19.1 Å². The van der Waals surface area contributed by atoms with E-state index in [1.807, 2.05) is 19.1 Å². The molecule has 0 spiro atoms. The minimum absolute atomic E-state index is 0.141. The van der Waals surface area contributed by atoms with Gasteiger partial charge in [-0.2, -0.15) is 9.40 Å². The number of aromatic amines is 1. The SMILES string of the molecule is CCc1ccc(S(=O)(=O)N(C)Cc2n[nH]c(C)n2)cc1. The van der Waals surface area contributed by atoms with E-state index >= 15 is 0 Å². The van der Waals surface area contributed by atoms with Gasteiger partial charge in [0.1, 0.15) is 5.82 Å².